The molecule has 1 saturated heterocycles. The van der Waals surface area contributed by atoms with E-state index in [9.17, 15) is 14.7 Å². The van der Waals surface area contributed by atoms with E-state index < -0.39 is 5.91 Å². The molecule has 82 valence electrons. The lowest BCUT2D eigenvalue weighted by Gasteiger charge is -1.99. The molecule has 5 heteroatoms. The molecule has 1 aliphatic heterocycles. The molecule has 1 heterocycles. The molecule has 16 heavy (non-hydrogen) atoms. The summed E-state index contributed by atoms with van der Waals surface area (Å²) in [6.45, 7) is 0. The van der Waals surface area contributed by atoms with Crippen LogP contribution in [0.1, 0.15) is 12.0 Å². The van der Waals surface area contributed by atoms with Gasteiger partial charge in [0.2, 0.25) is 5.91 Å². The number of carbonyl (C=O) groups excluding carboxylic acids is 2. The van der Waals surface area contributed by atoms with Gasteiger partial charge in [-0.15, -0.1) is 0 Å². The molecule has 1 aliphatic rings. The minimum atomic E-state index is -0.419. The van der Waals surface area contributed by atoms with Crippen LogP contribution in [0.4, 0.5) is 0 Å². The molecule has 0 aromatic heterocycles. The summed E-state index contributed by atoms with van der Waals surface area (Å²) in [5.41, 5.74) is 0.894. The summed E-state index contributed by atoms with van der Waals surface area (Å²) in [4.78, 5) is 22.1. The van der Waals surface area contributed by atoms with Crippen molar-refractivity contribution in [1.82, 2.24) is 5.32 Å². The van der Waals surface area contributed by atoms with Gasteiger partial charge in [0.05, 0.1) is 6.42 Å². The van der Waals surface area contributed by atoms with Gasteiger partial charge in [-0.2, -0.15) is 0 Å². The number of benzene rings is 1. The number of aromatic hydroxyl groups is 2. The number of nitrogens with one attached hydrogen (secondary N) is 1. The number of hydrogen-bond acceptors (Lipinski definition) is 4. The third-order valence-corrected chi connectivity index (χ3v) is 2.24. The summed E-state index contributed by atoms with van der Waals surface area (Å²) < 4.78 is 0. The molecule has 2 rings (SSSR count). The van der Waals surface area contributed by atoms with Gasteiger partial charge in [0, 0.05) is 5.57 Å². The van der Waals surface area contributed by atoms with Gasteiger partial charge in [-0.3, -0.25) is 14.9 Å². The lowest BCUT2D eigenvalue weighted by molar-refractivity contribution is -0.124. The SMILES string of the molecule is O=C1CC(=Cc2ccc(O)c(O)c2)C(=O)N1. The number of rotatable bonds is 1. The zero-order chi connectivity index (χ0) is 11.7. The summed E-state index contributed by atoms with van der Waals surface area (Å²) in [5.74, 6) is -1.25. The molecule has 0 atom stereocenters. The van der Waals surface area contributed by atoms with E-state index in [1.165, 1.54) is 24.3 Å². The Balaban J connectivity index is 2.32. The second kappa shape index (κ2) is 3.69. The third-order valence-electron chi connectivity index (χ3n) is 2.24. The van der Waals surface area contributed by atoms with Crippen LogP contribution in [0.2, 0.25) is 0 Å². The summed E-state index contributed by atoms with van der Waals surface area (Å²) in [5, 5.41) is 20.5. The van der Waals surface area contributed by atoms with Crippen molar-refractivity contribution in [2.45, 2.75) is 6.42 Å². The molecule has 0 radical (unpaired) electrons. The van der Waals surface area contributed by atoms with Gasteiger partial charge in [0.1, 0.15) is 0 Å². The minimum Gasteiger partial charge on any atom is -0.504 e. The third kappa shape index (κ3) is 1.88. The predicted octanol–water partition coefficient (Wildman–Crippen LogP) is 0.528. The first-order valence-electron chi connectivity index (χ1n) is 4.63. The Kier molecular flexibility index (Phi) is 2.36. The number of amides is 2. The first kappa shape index (κ1) is 10.2. The van der Waals surface area contributed by atoms with E-state index >= 15 is 0 Å². The standard InChI is InChI=1S/C11H9NO4/c13-8-2-1-6(4-9(8)14)3-7-5-10(15)12-11(7)16/h1-4,13-14H,5H2,(H,12,15,16). The highest BCUT2D eigenvalue weighted by Crippen LogP contribution is 2.26. The fourth-order valence-corrected chi connectivity index (χ4v) is 1.45. The van der Waals surface area contributed by atoms with Crippen LogP contribution in [0.15, 0.2) is 23.8 Å². The van der Waals surface area contributed by atoms with E-state index in [0.717, 1.165) is 0 Å². The lowest BCUT2D eigenvalue weighted by Crippen LogP contribution is -2.19. The fraction of sp³-hybridized carbons (Fsp3) is 0.0909. The Bertz CT molecular complexity index is 505. The highest BCUT2D eigenvalue weighted by Gasteiger charge is 2.23. The molecular weight excluding hydrogens is 210 g/mol. The van der Waals surface area contributed by atoms with Crippen LogP contribution in [0.25, 0.3) is 6.08 Å². The highest BCUT2D eigenvalue weighted by atomic mass is 16.3. The van der Waals surface area contributed by atoms with E-state index in [2.05, 4.69) is 5.32 Å². The minimum absolute atomic E-state index is 0.0421. The molecule has 3 N–H and O–H groups in total. The van der Waals surface area contributed by atoms with Crippen LogP contribution in [-0.4, -0.2) is 22.0 Å². The Morgan fingerprint density at radius 2 is 1.94 bits per heavy atom. The molecule has 2 amide bonds. The van der Waals surface area contributed by atoms with Crippen LogP contribution in [0.3, 0.4) is 0 Å². The molecule has 1 fully saturated rings. The largest absolute Gasteiger partial charge is 0.504 e. The van der Waals surface area contributed by atoms with Crippen LogP contribution in [0.5, 0.6) is 11.5 Å². The summed E-state index contributed by atoms with van der Waals surface area (Å²) in [6, 6.07) is 4.17. The van der Waals surface area contributed by atoms with Gasteiger partial charge in [0.25, 0.3) is 5.91 Å². The fourth-order valence-electron chi connectivity index (χ4n) is 1.45. The van der Waals surface area contributed by atoms with Crippen LogP contribution in [0, 0.1) is 0 Å². The normalized spacial score (nSPS) is 17.9. The average molecular weight is 219 g/mol. The summed E-state index contributed by atoms with van der Waals surface area (Å²) in [6.07, 6.45) is 1.54. The van der Waals surface area contributed by atoms with Crippen LogP contribution < -0.4 is 5.32 Å². The first-order chi connectivity index (χ1) is 7.56. The van der Waals surface area contributed by atoms with Crippen LogP contribution >= 0.6 is 0 Å². The Hall–Kier alpha value is -2.30. The molecule has 0 aliphatic carbocycles. The Morgan fingerprint density at radius 1 is 1.19 bits per heavy atom. The predicted molar refractivity (Wildman–Crippen MR) is 55.5 cm³/mol. The number of imide groups is 1. The molecule has 1 aromatic rings. The van der Waals surface area contributed by atoms with Crippen molar-refractivity contribution in [1.29, 1.82) is 0 Å². The van der Waals surface area contributed by atoms with Crippen molar-refractivity contribution in [3.8, 4) is 11.5 Å². The van der Waals surface area contributed by atoms with Gasteiger partial charge in [-0.25, -0.2) is 0 Å². The van der Waals surface area contributed by atoms with Crippen molar-refractivity contribution < 1.29 is 19.8 Å². The Morgan fingerprint density at radius 3 is 2.50 bits per heavy atom. The number of carbonyl (C=O) groups is 2. The Labute approximate surface area is 91.0 Å². The average Bonchev–Trinajstić information content (AvgIpc) is 2.51. The zero-order valence-electron chi connectivity index (χ0n) is 8.23. The van der Waals surface area contributed by atoms with Gasteiger partial charge < -0.3 is 10.2 Å². The quantitative estimate of drug-likeness (QED) is 0.365. The van der Waals surface area contributed by atoms with Crippen molar-refractivity contribution in [3.63, 3.8) is 0 Å². The second-order valence-corrected chi connectivity index (χ2v) is 3.47. The maximum atomic E-state index is 11.2. The number of phenols is 2. The van der Waals surface area contributed by atoms with Crippen molar-refractivity contribution in [3.05, 3.63) is 29.3 Å². The highest BCUT2D eigenvalue weighted by molar-refractivity contribution is 6.15. The van der Waals surface area contributed by atoms with Crippen LogP contribution in [-0.2, 0) is 9.59 Å². The zero-order valence-corrected chi connectivity index (χ0v) is 8.23. The molecule has 5 nitrogen and oxygen atoms in total. The monoisotopic (exact) mass is 219 g/mol. The van der Waals surface area contributed by atoms with E-state index in [1.54, 1.807) is 0 Å². The molecular formula is C11H9NO4. The maximum absolute atomic E-state index is 11.2. The molecule has 0 bridgehead atoms. The van der Waals surface area contributed by atoms with Crippen molar-refractivity contribution >= 4 is 17.9 Å². The van der Waals surface area contributed by atoms with Crippen molar-refractivity contribution in [2.24, 2.45) is 0 Å². The molecule has 0 saturated carbocycles. The number of phenolic OH excluding ortho intramolecular Hbond substituents is 2. The van der Waals surface area contributed by atoms with Gasteiger partial charge >= 0.3 is 0 Å². The van der Waals surface area contributed by atoms with E-state index in [4.69, 9.17) is 5.11 Å². The topological polar surface area (TPSA) is 86.6 Å². The molecule has 0 spiro atoms. The van der Waals surface area contributed by atoms with E-state index in [1.807, 2.05) is 0 Å². The van der Waals surface area contributed by atoms with E-state index in [0.29, 0.717) is 11.1 Å². The summed E-state index contributed by atoms with van der Waals surface area (Å²) >= 11 is 0. The van der Waals surface area contributed by atoms with Gasteiger partial charge in [-0.1, -0.05) is 6.07 Å². The number of hydrogen-bond donors (Lipinski definition) is 3. The summed E-state index contributed by atoms with van der Waals surface area (Å²) in [7, 11) is 0. The lowest BCUT2D eigenvalue weighted by atomic mass is 10.1. The second-order valence-electron chi connectivity index (χ2n) is 3.47. The maximum Gasteiger partial charge on any atom is 0.254 e. The van der Waals surface area contributed by atoms with Gasteiger partial charge in [-0.05, 0) is 23.8 Å². The molecule has 1 aromatic carbocycles. The van der Waals surface area contributed by atoms with E-state index in [-0.39, 0.29) is 23.8 Å². The van der Waals surface area contributed by atoms with Crippen molar-refractivity contribution in [2.75, 3.05) is 0 Å². The molecule has 0 unspecified atom stereocenters. The first-order valence-corrected chi connectivity index (χ1v) is 4.63. The van der Waals surface area contributed by atoms with Gasteiger partial charge in [0.15, 0.2) is 11.5 Å². The smallest absolute Gasteiger partial charge is 0.254 e.